The molecule has 2 unspecified atom stereocenters. The minimum atomic E-state index is -0.608. The number of methoxy groups -OCH3 is 2. The van der Waals surface area contributed by atoms with Crippen LogP contribution in [-0.2, 0) is 14.2 Å². The van der Waals surface area contributed by atoms with Crippen LogP contribution in [0.1, 0.15) is 33.6 Å². The molecule has 2 aromatic rings. The van der Waals surface area contributed by atoms with Gasteiger partial charge in [0.25, 0.3) is 0 Å². The number of benzene rings is 1. The Bertz CT molecular complexity index is 1050. The second-order valence-electron chi connectivity index (χ2n) is 9.48. The van der Waals surface area contributed by atoms with Crippen LogP contribution in [0.2, 0.25) is 0 Å². The predicted octanol–water partition coefficient (Wildman–Crippen LogP) is 4.12. The van der Waals surface area contributed by atoms with E-state index in [1.54, 1.807) is 12.1 Å². The first-order valence-corrected chi connectivity index (χ1v) is 12.0. The predicted molar refractivity (Wildman–Crippen MR) is 128 cm³/mol. The summed E-state index contributed by atoms with van der Waals surface area (Å²) >= 11 is 3.23. The van der Waals surface area contributed by atoms with E-state index < -0.39 is 17.7 Å². The Hall–Kier alpha value is -2.24. The summed E-state index contributed by atoms with van der Waals surface area (Å²) in [7, 11) is 3.00. The smallest absolute Gasteiger partial charge is 0.410 e. The second-order valence-corrected chi connectivity index (χ2v) is 10.3. The maximum absolute atomic E-state index is 15.0. The van der Waals surface area contributed by atoms with E-state index in [9.17, 15) is 4.79 Å². The number of carbonyl (C=O) groups is 1. The van der Waals surface area contributed by atoms with E-state index in [0.717, 1.165) is 12.8 Å². The van der Waals surface area contributed by atoms with Crippen molar-refractivity contribution in [2.75, 3.05) is 38.8 Å². The molecule has 0 aliphatic carbocycles. The number of carbonyl (C=O) groups excluding carboxylic acids is 1. The van der Waals surface area contributed by atoms with Gasteiger partial charge in [0.1, 0.15) is 23.5 Å². The molecular weight excluding hydrogens is 511 g/mol. The zero-order valence-corrected chi connectivity index (χ0v) is 21.6. The maximum Gasteiger partial charge on any atom is 0.410 e. The van der Waals surface area contributed by atoms with Gasteiger partial charge in [0.05, 0.1) is 16.6 Å². The lowest BCUT2D eigenvalue weighted by molar-refractivity contribution is -0.123. The summed E-state index contributed by atoms with van der Waals surface area (Å²) in [5, 5.41) is 0.577. The van der Waals surface area contributed by atoms with Crippen molar-refractivity contribution in [3.8, 4) is 6.01 Å². The summed E-state index contributed by atoms with van der Waals surface area (Å²) in [6, 6.07) is 3.42. The normalized spacial score (nSPS) is 20.4. The van der Waals surface area contributed by atoms with Gasteiger partial charge in [0.2, 0.25) is 0 Å². The molecule has 2 bridgehead atoms. The van der Waals surface area contributed by atoms with Crippen LogP contribution in [-0.4, -0.2) is 78.9 Å². The topological polar surface area (TPSA) is 86.3 Å². The Morgan fingerprint density at radius 3 is 2.41 bits per heavy atom. The van der Waals surface area contributed by atoms with Crippen molar-refractivity contribution in [2.45, 2.75) is 57.6 Å². The number of hydrogen-bond acceptors (Lipinski definition) is 8. The molecule has 1 aromatic heterocycles. The van der Waals surface area contributed by atoms with Crippen molar-refractivity contribution in [3.63, 3.8) is 0 Å². The SMILES string of the molecule is COC(COc1nc(N2CC3CCC(C2)N3C(=O)OC(C)(C)C)c2ccc(Br)c(F)c2n1)OC. The molecule has 1 aromatic carbocycles. The van der Waals surface area contributed by atoms with Gasteiger partial charge >= 0.3 is 12.1 Å². The molecule has 11 heteroatoms. The van der Waals surface area contributed by atoms with Crippen molar-refractivity contribution in [2.24, 2.45) is 0 Å². The summed E-state index contributed by atoms with van der Waals surface area (Å²) in [6.45, 7) is 6.74. The number of piperazine rings is 1. The summed E-state index contributed by atoms with van der Waals surface area (Å²) < 4.78 is 37.0. The number of anilines is 1. The molecule has 0 spiro atoms. The van der Waals surface area contributed by atoms with E-state index in [1.165, 1.54) is 14.2 Å². The van der Waals surface area contributed by atoms with Crippen molar-refractivity contribution in [3.05, 3.63) is 22.4 Å². The molecule has 2 aliphatic heterocycles. The minimum Gasteiger partial charge on any atom is -0.458 e. The van der Waals surface area contributed by atoms with Gasteiger partial charge < -0.3 is 23.8 Å². The average Bonchev–Trinajstić information content (AvgIpc) is 3.05. The van der Waals surface area contributed by atoms with Crippen molar-refractivity contribution >= 4 is 38.7 Å². The fraction of sp³-hybridized carbons (Fsp3) is 0.609. The first kappa shape index (κ1) is 24.9. The summed E-state index contributed by atoms with van der Waals surface area (Å²) in [6.07, 6.45) is 0.839. The Labute approximate surface area is 206 Å². The molecule has 1 amide bonds. The first-order chi connectivity index (χ1) is 16.1. The molecule has 4 rings (SSSR count). The highest BCUT2D eigenvalue weighted by atomic mass is 79.9. The van der Waals surface area contributed by atoms with Gasteiger partial charge in [0, 0.05) is 32.7 Å². The molecule has 34 heavy (non-hydrogen) atoms. The van der Waals surface area contributed by atoms with Crippen LogP contribution in [0.25, 0.3) is 10.9 Å². The van der Waals surface area contributed by atoms with Gasteiger partial charge in [-0.1, -0.05) is 0 Å². The molecular formula is C23H30BrFN4O5. The number of ether oxygens (including phenoxy) is 4. The summed E-state index contributed by atoms with van der Waals surface area (Å²) in [4.78, 5) is 25.7. The van der Waals surface area contributed by atoms with E-state index in [-0.39, 0.29) is 36.3 Å². The molecule has 2 saturated heterocycles. The van der Waals surface area contributed by atoms with E-state index in [2.05, 4.69) is 30.8 Å². The highest BCUT2D eigenvalue weighted by Gasteiger charge is 2.45. The summed E-state index contributed by atoms with van der Waals surface area (Å²) in [5.74, 6) is 0.0786. The number of rotatable bonds is 6. The van der Waals surface area contributed by atoms with Crippen LogP contribution >= 0.6 is 15.9 Å². The highest BCUT2D eigenvalue weighted by molar-refractivity contribution is 9.10. The Balaban J connectivity index is 1.65. The standard InChI is InChI=1S/C23H30BrFN4O5/c1-23(2,3)34-22(30)29-13-6-7-14(29)11-28(10-13)20-15-8-9-16(24)18(25)19(15)26-21(27-20)33-12-17(31-4)32-5/h8-9,13-14,17H,6-7,10-12H2,1-5H3. The van der Waals surface area contributed by atoms with Gasteiger partial charge in [-0.05, 0) is 61.7 Å². The fourth-order valence-corrected chi connectivity index (χ4v) is 4.79. The van der Waals surface area contributed by atoms with Crippen molar-refractivity contribution < 1.29 is 28.1 Å². The zero-order chi connectivity index (χ0) is 24.6. The van der Waals surface area contributed by atoms with Gasteiger partial charge in [-0.25, -0.2) is 9.18 Å². The second kappa shape index (κ2) is 9.79. The van der Waals surface area contributed by atoms with Crippen LogP contribution < -0.4 is 9.64 Å². The molecule has 2 aliphatic rings. The van der Waals surface area contributed by atoms with Gasteiger partial charge in [-0.2, -0.15) is 9.97 Å². The third kappa shape index (κ3) is 5.06. The number of nitrogens with zero attached hydrogens (tertiary/aromatic N) is 4. The maximum atomic E-state index is 15.0. The van der Waals surface area contributed by atoms with Crippen LogP contribution in [0.3, 0.4) is 0 Å². The van der Waals surface area contributed by atoms with Crippen LogP contribution in [0, 0.1) is 5.82 Å². The van der Waals surface area contributed by atoms with Crippen LogP contribution in [0.5, 0.6) is 6.01 Å². The lowest BCUT2D eigenvalue weighted by Crippen LogP contribution is -2.57. The lowest BCUT2D eigenvalue weighted by atomic mass is 10.1. The molecule has 2 fully saturated rings. The van der Waals surface area contributed by atoms with Crippen molar-refractivity contribution in [1.29, 1.82) is 0 Å². The quantitative estimate of drug-likeness (QED) is 0.506. The zero-order valence-electron chi connectivity index (χ0n) is 20.0. The third-order valence-electron chi connectivity index (χ3n) is 5.98. The molecule has 9 nitrogen and oxygen atoms in total. The molecule has 0 radical (unpaired) electrons. The van der Waals surface area contributed by atoms with Gasteiger partial charge in [0.15, 0.2) is 12.1 Å². The average molecular weight is 541 g/mol. The van der Waals surface area contributed by atoms with Crippen LogP contribution in [0.15, 0.2) is 16.6 Å². The van der Waals surface area contributed by atoms with Gasteiger partial charge in [-0.3, -0.25) is 4.90 Å². The monoisotopic (exact) mass is 540 g/mol. The Morgan fingerprint density at radius 1 is 1.18 bits per heavy atom. The third-order valence-corrected chi connectivity index (χ3v) is 6.59. The van der Waals surface area contributed by atoms with E-state index in [4.69, 9.17) is 18.9 Å². The Morgan fingerprint density at radius 2 is 1.82 bits per heavy atom. The molecule has 186 valence electrons. The number of hydrogen-bond donors (Lipinski definition) is 0. The largest absolute Gasteiger partial charge is 0.458 e. The first-order valence-electron chi connectivity index (χ1n) is 11.2. The Kier molecular flexibility index (Phi) is 7.16. The fourth-order valence-electron chi connectivity index (χ4n) is 4.47. The molecule has 0 saturated carbocycles. The van der Waals surface area contributed by atoms with Crippen molar-refractivity contribution in [1.82, 2.24) is 14.9 Å². The van der Waals surface area contributed by atoms with E-state index in [0.29, 0.717) is 28.8 Å². The molecule has 3 heterocycles. The van der Waals surface area contributed by atoms with E-state index in [1.807, 2.05) is 25.7 Å². The summed E-state index contributed by atoms with van der Waals surface area (Å²) in [5.41, 5.74) is -0.404. The molecule has 0 N–H and O–H groups in total. The highest BCUT2D eigenvalue weighted by Crippen LogP contribution is 2.37. The number of halogens is 2. The minimum absolute atomic E-state index is 0.0188. The molecule has 2 atom stereocenters. The number of fused-ring (bicyclic) bond motifs is 3. The van der Waals surface area contributed by atoms with Gasteiger partial charge in [-0.15, -0.1) is 0 Å². The number of aromatic nitrogens is 2. The lowest BCUT2D eigenvalue weighted by Gasteiger charge is -2.42. The van der Waals surface area contributed by atoms with E-state index >= 15 is 4.39 Å². The van der Waals surface area contributed by atoms with Crippen LogP contribution in [0.4, 0.5) is 15.0 Å². The number of amides is 1.